The first-order chi connectivity index (χ1) is 5.25. The molecule has 58 valence electrons. The molecule has 2 rings (SSSR count). The van der Waals surface area contributed by atoms with Crippen molar-refractivity contribution in [3.8, 4) is 11.5 Å². The summed E-state index contributed by atoms with van der Waals surface area (Å²) in [6.45, 7) is 2.02. The van der Waals surface area contributed by atoms with Crippen LogP contribution in [0.4, 0.5) is 0 Å². The highest BCUT2D eigenvalue weighted by Gasteiger charge is 2.18. The van der Waals surface area contributed by atoms with Crippen LogP contribution in [-0.2, 0) is 6.42 Å². The Morgan fingerprint density at radius 3 is 3.18 bits per heavy atom. The van der Waals surface area contributed by atoms with Gasteiger partial charge < -0.3 is 9.84 Å². The van der Waals surface area contributed by atoms with E-state index in [-0.39, 0.29) is 6.10 Å². The van der Waals surface area contributed by atoms with Crippen LogP contribution in [0.15, 0.2) is 18.2 Å². The summed E-state index contributed by atoms with van der Waals surface area (Å²) < 4.78 is 5.45. The summed E-state index contributed by atoms with van der Waals surface area (Å²) in [4.78, 5) is 0. The van der Waals surface area contributed by atoms with Crippen molar-refractivity contribution in [2.45, 2.75) is 19.4 Å². The first kappa shape index (κ1) is 6.53. The van der Waals surface area contributed by atoms with E-state index in [1.165, 1.54) is 0 Å². The van der Waals surface area contributed by atoms with Crippen molar-refractivity contribution in [1.82, 2.24) is 0 Å². The maximum Gasteiger partial charge on any atom is 0.123 e. The summed E-state index contributed by atoms with van der Waals surface area (Å²) >= 11 is 0. The Labute approximate surface area is 65.4 Å². The molecule has 0 radical (unpaired) electrons. The Kier molecular flexibility index (Phi) is 1.28. The summed E-state index contributed by atoms with van der Waals surface area (Å²) in [6.07, 6.45) is 1.16. The zero-order valence-corrected chi connectivity index (χ0v) is 6.37. The molecule has 1 aromatic carbocycles. The number of aromatic hydroxyl groups is 1. The predicted octanol–water partition coefficient (Wildman–Crippen LogP) is 1.72. The van der Waals surface area contributed by atoms with Gasteiger partial charge in [-0.25, -0.2) is 0 Å². The average molecular weight is 150 g/mol. The van der Waals surface area contributed by atoms with Crippen LogP contribution in [-0.4, -0.2) is 11.2 Å². The third-order valence-electron chi connectivity index (χ3n) is 1.88. The first-order valence-electron chi connectivity index (χ1n) is 3.74. The van der Waals surface area contributed by atoms with E-state index >= 15 is 0 Å². The molecule has 0 aromatic heterocycles. The van der Waals surface area contributed by atoms with E-state index in [1.807, 2.05) is 13.0 Å². The number of phenols is 1. The standard InChI is InChI=1S/C9H10O2/c1-6-4-7-5-8(10)2-3-9(7)11-6/h2-3,5-6,10H,4H2,1H3. The highest BCUT2D eigenvalue weighted by atomic mass is 16.5. The van der Waals surface area contributed by atoms with E-state index in [0.29, 0.717) is 5.75 Å². The minimum atomic E-state index is 0.256. The molecule has 0 saturated carbocycles. The number of phenolic OH excluding ortho intramolecular Hbond substituents is 1. The van der Waals surface area contributed by atoms with Gasteiger partial charge in [0.25, 0.3) is 0 Å². The molecule has 11 heavy (non-hydrogen) atoms. The molecule has 2 heteroatoms. The molecule has 0 fully saturated rings. The molecule has 1 atom stereocenters. The van der Waals surface area contributed by atoms with Crippen molar-refractivity contribution in [3.05, 3.63) is 23.8 Å². The molecule has 1 aliphatic heterocycles. The van der Waals surface area contributed by atoms with Gasteiger partial charge in [0.2, 0.25) is 0 Å². The normalized spacial score (nSPS) is 21.0. The van der Waals surface area contributed by atoms with Crippen LogP contribution in [0.25, 0.3) is 0 Å². The van der Waals surface area contributed by atoms with Gasteiger partial charge in [-0.05, 0) is 25.1 Å². The summed E-state index contributed by atoms with van der Waals surface area (Å²) in [5, 5.41) is 9.13. The Bertz CT molecular complexity index is 281. The third kappa shape index (κ3) is 1.04. The second-order valence-electron chi connectivity index (χ2n) is 2.92. The van der Waals surface area contributed by atoms with Gasteiger partial charge in [-0.3, -0.25) is 0 Å². The van der Waals surface area contributed by atoms with Crippen molar-refractivity contribution >= 4 is 0 Å². The van der Waals surface area contributed by atoms with Gasteiger partial charge in [-0.15, -0.1) is 0 Å². The number of benzene rings is 1. The highest BCUT2D eigenvalue weighted by molar-refractivity contribution is 5.42. The molecule has 0 bridgehead atoms. The molecule has 1 N–H and O–H groups in total. The van der Waals surface area contributed by atoms with Crippen LogP contribution in [0, 0.1) is 0 Å². The number of ether oxygens (including phenoxy) is 1. The van der Waals surface area contributed by atoms with Gasteiger partial charge in [0.15, 0.2) is 0 Å². The highest BCUT2D eigenvalue weighted by Crippen LogP contribution is 2.30. The van der Waals surface area contributed by atoms with E-state index in [4.69, 9.17) is 9.84 Å². The van der Waals surface area contributed by atoms with Crippen LogP contribution in [0.2, 0.25) is 0 Å². The van der Waals surface area contributed by atoms with E-state index in [9.17, 15) is 0 Å². The Morgan fingerprint density at radius 2 is 2.36 bits per heavy atom. The van der Waals surface area contributed by atoms with Crippen LogP contribution in [0.3, 0.4) is 0 Å². The van der Waals surface area contributed by atoms with Gasteiger partial charge in [0, 0.05) is 12.0 Å². The Morgan fingerprint density at radius 1 is 1.55 bits per heavy atom. The zero-order valence-electron chi connectivity index (χ0n) is 6.37. The largest absolute Gasteiger partial charge is 0.508 e. The fraction of sp³-hybridized carbons (Fsp3) is 0.333. The number of hydrogen-bond donors (Lipinski definition) is 1. The quantitative estimate of drug-likeness (QED) is 0.610. The molecule has 0 saturated heterocycles. The average Bonchev–Trinajstić information content (AvgIpc) is 2.27. The van der Waals surface area contributed by atoms with Crippen molar-refractivity contribution in [2.24, 2.45) is 0 Å². The number of hydrogen-bond acceptors (Lipinski definition) is 2. The maximum absolute atomic E-state index is 9.13. The molecule has 1 aromatic rings. The van der Waals surface area contributed by atoms with Crippen molar-refractivity contribution in [3.63, 3.8) is 0 Å². The van der Waals surface area contributed by atoms with E-state index < -0.39 is 0 Å². The Balaban J connectivity index is 2.43. The predicted molar refractivity (Wildman–Crippen MR) is 41.9 cm³/mol. The van der Waals surface area contributed by atoms with Crippen LogP contribution in [0.1, 0.15) is 12.5 Å². The molecule has 1 aliphatic rings. The van der Waals surface area contributed by atoms with Crippen molar-refractivity contribution in [2.75, 3.05) is 0 Å². The van der Waals surface area contributed by atoms with E-state index in [1.54, 1.807) is 12.1 Å². The lowest BCUT2D eigenvalue weighted by molar-refractivity contribution is 0.254. The maximum atomic E-state index is 9.13. The van der Waals surface area contributed by atoms with E-state index in [0.717, 1.165) is 17.7 Å². The fourth-order valence-electron chi connectivity index (χ4n) is 1.41. The molecule has 2 nitrogen and oxygen atoms in total. The minimum absolute atomic E-state index is 0.256. The molecule has 0 spiro atoms. The molecular formula is C9H10O2. The van der Waals surface area contributed by atoms with Crippen molar-refractivity contribution in [1.29, 1.82) is 0 Å². The third-order valence-corrected chi connectivity index (χ3v) is 1.88. The second kappa shape index (κ2) is 2.16. The summed E-state index contributed by atoms with van der Waals surface area (Å²) in [7, 11) is 0. The van der Waals surface area contributed by atoms with Gasteiger partial charge >= 0.3 is 0 Å². The Hall–Kier alpha value is -1.18. The summed E-state index contributed by atoms with van der Waals surface area (Å²) in [6, 6.07) is 5.23. The van der Waals surface area contributed by atoms with Crippen LogP contribution in [0.5, 0.6) is 11.5 Å². The van der Waals surface area contributed by atoms with Gasteiger partial charge in [-0.2, -0.15) is 0 Å². The zero-order chi connectivity index (χ0) is 7.84. The SMILES string of the molecule is CC1Cc2cc(O)ccc2O1. The lowest BCUT2D eigenvalue weighted by Gasteiger charge is -2.01. The van der Waals surface area contributed by atoms with E-state index in [2.05, 4.69) is 0 Å². The lowest BCUT2D eigenvalue weighted by atomic mass is 10.1. The first-order valence-corrected chi connectivity index (χ1v) is 3.74. The molecular weight excluding hydrogens is 140 g/mol. The minimum Gasteiger partial charge on any atom is -0.508 e. The summed E-state index contributed by atoms with van der Waals surface area (Å²) in [5.41, 5.74) is 1.11. The fourth-order valence-corrected chi connectivity index (χ4v) is 1.41. The number of rotatable bonds is 0. The molecule has 0 aliphatic carbocycles. The van der Waals surface area contributed by atoms with Gasteiger partial charge in [0.05, 0.1) is 0 Å². The van der Waals surface area contributed by atoms with Crippen LogP contribution >= 0.6 is 0 Å². The number of fused-ring (bicyclic) bond motifs is 1. The molecule has 0 amide bonds. The van der Waals surface area contributed by atoms with Gasteiger partial charge in [-0.1, -0.05) is 0 Å². The second-order valence-corrected chi connectivity index (χ2v) is 2.92. The molecule has 1 heterocycles. The topological polar surface area (TPSA) is 29.5 Å². The smallest absolute Gasteiger partial charge is 0.123 e. The van der Waals surface area contributed by atoms with Gasteiger partial charge in [0.1, 0.15) is 17.6 Å². The molecule has 1 unspecified atom stereocenters. The monoisotopic (exact) mass is 150 g/mol. The van der Waals surface area contributed by atoms with Crippen molar-refractivity contribution < 1.29 is 9.84 Å². The lowest BCUT2D eigenvalue weighted by Crippen LogP contribution is -2.05. The summed E-state index contributed by atoms with van der Waals surface area (Å²) in [5.74, 6) is 1.23. The van der Waals surface area contributed by atoms with Crippen LogP contribution < -0.4 is 4.74 Å².